The van der Waals surface area contributed by atoms with Crippen molar-refractivity contribution in [1.29, 1.82) is 21.0 Å². The molecule has 0 aliphatic rings. The zero-order chi connectivity index (χ0) is 53.8. The maximum absolute atomic E-state index is 11.1. The summed E-state index contributed by atoms with van der Waals surface area (Å²) in [6, 6.07) is 54.4. The van der Waals surface area contributed by atoms with Crippen molar-refractivity contribution in [2.24, 2.45) is 20.5 Å². The van der Waals surface area contributed by atoms with Gasteiger partial charge in [0.05, 0.1) is 32.1 Å². The van der Waals surface area contributed by atoms with E-state index in [1.165, 1.54) is 24.3 Å². The molecule has 2 heterocycles. The van der Waals surface area contributed by atoms with Crippen molar-refractivity contribution < 1.29 is 9.85 Å². The number of non-ortho nitro benzene ring substituents is 2. The molecule has 0 spiro atoms. The van der Waals surface area contributed by atoms with Crippen LogP contribution in [0.4, 0.5) is 68.8 Å². The number of nitro benzene ring substituents is 2. The van der Waals surface area contributed by atoms with E-state index in [0.29, 0.717) is 70.0 Å². The molecule has 0 amide bonds. The molecule has 20 nitrogen and oxygen atoms in total. The number of nitriles is 4. The highest BCUT2D eigenvalue weighted by atomic mass is 16.6. The van der Waals surface area contributed by atoms with Gasteiger partial charge in [0.2, 0.25) is 0 Å². The molecular weight excluding hydrogens is 973 g/mol. The Morgan fingerprint density at radius 1 is 0.481 bits per heavy atom. The Kier molecular flexibility index (Phi) is 19.3. The van der Waals surface area contributed by atoms with E-state index < -0.39 is 9.85 Å². The Hall–Kier alpha value is -11.2. The summed E-state index contributed by atoms with van der Waals surface area (Å²) in [7, 11) is 0. The minimum atomic E-state index is -0.583. The van der Waals surface area contributed by atoms with E-state index in [2.05, 4.69) is 63.8 Å². The number of benzene rings is 6. The molecule has 0 atom stereocenters. The lowest BCUT2D eigenvalue weighted by Crippen LogP contribution is -2.10. The van der Waals surface area contributed by atoms with Crippen LogP contribution in [0.5, 0.6) is 0 Å². The zero-order valence-corrected chi connectivity index (χ0v) is 40.8. The summed E-state index contributed by atoms with van der Waals surface area (Å²) >= 11 is 0. The van der Waals surface area contributed by atoms with Gasteiger partial charge in [-0.1, -0.05) is 104 Å². The Morgan fingerprint density at radius 2 is 0.857 bits per heavy atom. The van der Waals surface area contributed by atoms with Crippen LogP contribution in [0.25, 0.3) is 0 Å². The summed E-state index contributed by atoms with van der Waals surface area (Å²) in [5.74, 6) is 1.54. The van der Waals surface area contributed by atoms with Gasteiger partial charge in [-0.05, 0) is 74.2 Å². The number of para-hydroxylation sites is 2. The lowest BCUT2D eigenvalue weighted by atomic mass is 10.1. The molecule has 77 heavy (non-hydrogen) atoms. The first-order valence-corrected chi connectivity index (χ1v) is 23.3. The maximum Gasteiger partial charge on any atom is 0.270 e. The number of rotatable bonds is 18. The van der Waals surface area contributed by atoms with E-state index >= 15 is 0 Å². The summed E-state index contributed by atoms with van der Waals surface area (Å²) in [6.07, 6.45) is 1.47. The van der Waals surface area contributed by atoms with Crippen molar-refractivity contribution in [3.8, 4) is 24.3 Å². The van der Waals surface area contributed by atoms with E-state index in [4.69, 9.17) is 0 Å². The van der Waals surface area contributed by atoms with Crippen molar-refractivity contribution >= 4 is 68.8 Å². The highest BCUT2D eigenvalue weighted by Gasteiger charge is 2.21. The zero-order valence-electron chi connectivity index (χ0n) is 40.8. The SMILES string of the molecule is C.Cc1c(C#N)c(NCCc2ccccc2)nc(Nc2ccccc2)c1N=Nc1ccc([N+](=O)[O-])cc1C#N.Cc1c(C#N)c(Nc2ccccc2)nc(NCCc2ccccc2)c1N=Nc1ccc([N+](=O)[O-])cc1C#N. The van der Waals surface area contributed by atoms with Crippen LogP contribution in [0, 0.1) is 79.4 Å². The predicted octanol–water partition coefficient (Wildman–Crippen LogP) is 14.3. The first kappa shape index (κ1) is 55.1. The number of nitro groups is 2. The van der Waals surface area contributed by atoms with Gasteiger partial charge in [-0.25, -0.2) is 9.97 Å². The lowest BCUT2D eigenvalue weighted by molar-refractivity contribution is -0.385. The van der Waals surface area contributed by atoms with E-state index in [0.717, 1.165) is 47.5 Å². The smallest absolute Gasteiger partial charge is 0.270 e. The quantitative estimate of drug-likeness (QED) is 0.0353. The third-order valence-electron chi connectivity index (χ3n) is 11.4. The number of azo groups is 2. The second kappa shape index (κ2) is 27.0. The molecule has 0 fully saturated rings. The molecule has 20 heteroatoms. The fourth-order valence-electron chi connectivity index (χ4n) is 7.43. The van der Waals surface area contributed by atoms with Crippen molar-refractivity contribution in [3.05, 3.63) is 222 Å². The van der Waals surface area contributed by atoms with Crippen molar-refractivity contribution in [1.82, 2.24) is 9.97 Å². The summed E-state index contributed by atoms with van der Waals surface area (Å²) in [5.41, 5.74) is 6.03. The minimum absolute atomic E-state index is 0. The predicted molar refractivity (Wildman–Crippen MR) is 295 cm³/mol. The van der Waals surface area contributed by atoms with Gasteiger partial charge in [0.15, 0.2) is 17.5 Å². The standard InChI is InChI=1S/2C28H22N8O2.CH4/c1-19-24(18-30)27(32-22-10-6-3-7-11-22)33-28(31-15-14-20-8-4-2-5-9-20)26(19)35-34-25-13-12-23(36(37)38)16-21(25)17-29;1-19-24(18-30)27(31-15-14-20-8-4-2-5-9-20)33-28(32-22-10-6-3-7-11-22)26(19)35-34-25-13-12-23(36(37)38)16-21(25)17-29;/h2*2-13,16H,14-15H2,1H3,(H2,31,32,33);1H4. The van der Waals surface area contributed by atoms with Gasteiger partial charge in [-0.3, -0.25) is 20.2 Å². The van der Waals surface area contributed by atoms with Crippen molar-refractivity contribution in [3.63, 3.8) is 0 Å². The molecule has 8 rings (SSSR count). The second-order valence-corrected chi connectivity index (χ2v) is 16.4. The van der Waals surface area contributed by atoms with Crippen LogP contribution in [0.2, 0.25) is 0 Å². The fourth-order valence-corrected chi connectivity index (χ4v) is 7.43. The average Bonchev–Trinajstić information content (AvgIpc) is 3.46. The number of pyridine rings is 2. The van der Waals surface area contributed by atoms with Crippen LogP contribution in [-0.4, -0.2) is 32.9 Å². The van der Waals surface area contributed by atoms with Crippen LogP contribution in [0.1, 0.15) is 51.9 Å². The number of anilines is 6. The Morgan fingerprint density at radius 3 is 1.27 bits per heavy atom. The summed E-state index contributed by atoms with van der Waals surface area (Å²) < 4.78 is 0. The monoisotopic (exact) mass is 1020 g/mol. The van der Waals surface area contributed by atoms with E-state index in [1.54, 1.807) is 13.8 Å². The third-order valence-corrected chi connectivity index (χ3v) is 11.4. The second-order valence-electron chi connectivity index (χ2n) is 16.4. The van der Waals surface area contributed by atoms with Crippen molar-refractivity contribution in [2.45, 2.75) is 34.1 Å². The Bertz CT molecular complexity index is 3630. The first-order valence-electron chi connectivity index (χ1n) is 23.3. The summed E-state index contributed by atoms with van der Waals surface area (Å²) in [4.78, 5) is 30.3. The highest BCUT2D eigenvalue weighted by Crippen LogP contribution is 2.39. The topological polar surface area (TPSA) is 305 Å². The Balaban J connectivity index is 0.000000246. The normalized spacial score (nSPS) is 10.4. The number of aromatic nitrogens is 2. The van der Waals surface area contributed by atoms with Crippen LogP contribution in [0.15, 0.2) is 178 Å². The van der Waals surface area contributed by atoms with Crippen molar-refractivity contribution in [2.75, 3.05) is 34.4 Å². The molecule has 0 saturated heterocycles. The first-order chi connectivity index (χ1) is 37.0. The van der Waals surface area contributed by atoms with Gasteiger partial charge < -0.3 is 21.3 Å². The van der Waals surface area contributed by atoms with Gasteiger partial charge in [0.25, 0.3) is 11.4 Å². The fraction of sp³-hybridized carbons (Fsp3) is 0.123. The molecule has 380 valence electrons. The maximum atomic E-state index is 11.1. The molecule has 0 radical (unpaired) electrons. The molecule has 0 aliphatic heterocycles. The molecular formula is C57H48N16O4. The molecule has 0 unspecified atom stereocenters. The van der Waals surface area contributed by atoms with Gasteiger partial charge in [0, 0.05) is 59.9 Å². The van der Waals surface area contributed by atoms with Gasteiger partial charge >= 0.3 is 0 Å². The molecule has 2 aromatic heterocycles. The largest absolute Gasteiger partial charge is 0.369 e. The van der Waals surface area contributed by atoms with Gasteiger partial charge in [0.1, 0.15) is 52.8 Å². The molecule has 0 saturated carbocycles. The van der Waals surface area contributed by atoms with Gasteiger partial charge in [-0.15, -0.1) is 20.5 Å². The van der Waals surface area contributed by atoms with E-state index in [-0.39, 0.29) is 41.3 Å². The number of hydrogen-bond donors (Lipinski definition) is 4. The number of nitrogens with zero attached hydrogens (tertiary/aromatic N) is 12. The van der Waals surface area contributed by atoms with E-state index in [1.807, 2.05) is 133 Å². The lowest BCUT2D eigenvalue weighted by Gasteiger charge is -2.16. The average molecular weight is 1020 g/mol. The van der Waals surface area contributed by atoms with Crippen LogP contribution < -0.4 is 21.3 Å². The molecule has 0 aliphatic carbocycles. The molecule has 6 aromatic carbocycles. The molecule has 8 aromatic rings. The van der Waals surface area contributed by atoms with Crippen LogP contribution >= 0.6 is 0 Å². The number of nitrogens with one attached hydrogen (secondary N) is 4. The van der Waals surface area contributed by atoms with E-state index in [9.17, 15) is 41.3 Å². The summed E-state index contributed by atoms with van der Waals surface area (Å²) in [6.45, 7) is 4.59. The number of hydrogen-bond acceptors (Lipinski definition) is 18. The molecule has 0 bridgehead atoms. The van der Waals surface area contributed by atoms with Crippen LogP contribution in [0.3, 0.4) is 0 Å². The minimum Gasteiger partial charge on any atom is -0.369 e. The Labute approximate surface area is 443 Å². The summed E-state index contributed by atoms with van der Waals surface area (Å²) in [5, 5.41) is 91.0. The van der Waals surface area contributed by atoms with Crippen LogP contribution in [-0.2, 0) is 12.8 Å². The molecule has 4 N–H and O–H groups in total. The highest BCUT2D eigenvalue weighted by molar-refractivity contribution is 5.79. The third kappa shape index (κ3) is 14.5. The van der Waals surface area contributed by atoms with Gasteiger partial charge in [-0.2, -0.15) is 21.0 Å².